The van der Waals surface area contributed by atoms with Crippen LogP contribution in [0.4, 0.5) is 4.39 Å². The zero-order chi connectivity index (χ0) is 18.0. The molecule has 0 aliphatic carbocycles. The highest BCUT2D eigenvalue weighted by molar-refractivity contribution is 5.49. The van der Waals surface area contributed by atoms with Crippen LogP contribution >= 0.6 is 0 Å². The molecule has 0 atom stereocenters. The van der Waals surface area contributed by atoms with Crippen molar-refractivity contribution in [1.29, 1.82) is 0 Å². The molecule has 0 radical (unpaired) electrons. The van der Waals surface area contributed by atoms with Crippen LogP contribution in [-0.2, 0) is 14.1 Å². The fourth-order valence-corrected chi connectivity index (χ4v) is 2.59. The predicted octanol–water partition coefficient (Wildman–Crippen LogP) is 0.881. The van der Waals surface area contributed by atoms with Crippen molar-refractivity contribution in [2.45, 2.75) is 0 Å². The quantitative estimate of drug-likeness (QED) is 0.697. The summed E-state index contributed by atoms with van der Waals surface area (Å²) in [5, 5.41) is 0.541. The van der Waals surface area contributed by atoms with Gasteiger partial charge in [-0.3, -0.25) is 9.59 Å². The van der Waals surface area contributed by atoms with E-state index in [1.54, 1.807) is 38.4 Å². The third-order valence-electron chi connectivity index (χ3n) is 4.05. The molecule has 2 aromatic carbocycles. The van der Waals surface area contributed by atoms with Gasteiger partial charge in [0.2, 0.25) is 0 Å². The third-order valence-corrected chi connectivity index (χ3v) is 4.05. The van der Waals surface area contributed by atoms with E-state index >= 15 is 0 Å². The van der Waals surface area contributed by atoms with Crippen LogP contribution in [0.15, 0.2) is 64.2 Å². The summed E-state index contributed by atoms with van der Waals surface area (Å²) in [4.78, 5) is 25.4. The molecule has 25 heavy (non-hydrogen) atoms. The van der Waals surface area contributed by atoms with E-state index in [0.717, 1.165) is 5.56 Å². The Morgan fingerprint density at radius 1 is 0.720 bits per heavy atom. The fourth-order valence-electron chi connectivity index (χ4n) is 2.59. The first-order valence-corrected chi connectivity index (χ1v) is 7.77. The smallest absolute Gasteiger partial charge is 0.274 e. The lowest BCUT2D eigenvalue weighted by Crippen LogP contribution is -2.56. The molecule has 0 fully saturated rings. The van der Waals surface area contributed by atoms with Crippen molar-refractivity contribution in [3.05, 3.63) is 103 Å². The van der Waals surface area contributed by atoms with Crippen LogP contribution < -0.4 is 21.8 Å². The molecule has 1 heterocycles. The maximum Gasteiger partial charge on any atom is 0.274 e. The largest absolute Gasteiger partial charge is 0.305 e. The van der Waals surface area contributed by atoms with Crippen molar-refractivity contribution in [3.63, 3.8) is 0 Å². The standard InChI is InChI=1S/C20H17FN2O2/c1-22-17(12-14-6-4-3-5-7-14)19(24)23(2)18(20(22)25)13-15-8-10-16(21)11-9-15/h3-13H,1-2H3/b17-12-,18-13-. The first-order chi connectivity index (χ1) is 12.0. The van der Waals surface area contributed by atoms with E-state index in [1.165, 1.54) is 21.3 Å². The van der Waals surface area contributed by atoms with Crippen LogP contribution in [0.5, 0.6) is 0 Å². The number of hydrogen-bond acceptors (Lipinski definition) is 2. The van der Waals surface area contributed by atoms with Crippen molar-refractivity contribution < 1.29 is 4.39 Å². The molecule has 0 saturated carbocycles. The lowest BCUT2D eigenvalue weighted by Gasteiger charge is -2.05. The molecule has 3 rings (SSSR count). The summed E-state index contributed by atoms with van der Waals surface area (Å²) < 4.78 is 15.7. The zero-order valence-corrected chi connectivity index (χ0v) is 13.9. The summed E-state index contributed by atoms with van der Waals surface area (Å²) in [5.41, 5.74) is 0.908. The van der Waals surface area contributed by atoms with Gasteiger partial charge in [-0.15, -0.1) is 0 Å². The Hall–Kier alpha value is -3.21. The van der Waals surface area contributed by atoms with Crippen LogP contribution in [0.3, 0.4) is 0 Å². The van der Waals surface area contributed by atoms with E-state index in [4.69, 9.17) is 0 Å². The van der Waals surface area contributed by atoms with Gasteiger partial charge in [0.15, 0.2) is 0 Å². The number of benzene rings is 2. The second-order valence-electron chi connectivity index (χ2n) is 5.75. The Bertz CT molecular complexity index is 1140. The maximum absolute atomic E-state index is 13.0. The summed E-state index contributed by atoms with van der Waals surface area (Å²) in [7, 11) is 3.13. The summed E-state index contributed by atoms with van der Waals surface area (Å²) >= 11 is 0. The molecule has 3 aromatic rings. The summed E-state index contributed by atoms with van der Waals surface area (Å²) in [6.07, 6.45) is 3.26. The molecule has 0 bridgehead atoms. The average Bonchev–Trinajstić information content (AvgIpc) is 2.63. The van der Waals surface area contributed by atoms with Crippen LogP contribution in [0.25, 0.3) is 12.2 Å². The molecule has 126 valence electrons. The van der Waals surface area contributed by atoms with Gasteiger partial charge in [-0.1, -0.05) is 42.5 Å². The highest BCUT2D eigenvalue weighted by atomic mass is 19.1. The highest BCUT2D eigenvalue weighted by Gasteiger charge is 2.05. The molecule has 4 nitrogen and oxygen atoms in total. The minimum atomic E-state index is -0.355. The Balaban J connectivity index is 2.29. The van der Waals surface area contributed by atoms with E-state index < -0.39 is 0 Å². The monoisotopic (exact) mass is 336 g/mol. The Morgan fingerprint density at radius 3 is 1.64 bits per heavy atom. The van der Waals surface area contributed by atoms with Gasteiger partial charge in [0.1, 0.15) is 16.5 Å². The molecule has 1 aromatic heterocycles. The van der Waals surface area contributed by atoms with Crippen molar-refractivity contribution in [2.24, 2.45) is 14.1 Å². The van der Waals surface area contributed by atoms with E-state index in [1.807, 2.05) is 30.3 Å². The lowest BCUT2D eigenvalue weighted by atomic mass is 10.2. The van der Waals surface area contributed by atoms with Gasteiger partial charge in [-0.2, -0.15) is 0 Å². The summed E-state index contributed by atoms with van der Waals surface area (Å²) in [5.74, 6) is -0.355. The Kier molecular flexibility index (Phi) is 4.48. The highest BCUT2D eigenvalue weighted by Crippen LogP contribution is 2.02. The minimum absolute atomic E-state index is 0.240. The Labute approximate surface area is 143 Å². The van der Waals surface area contributed by atoms with Crippen LogP contribution in [0.1, 0.15) is 11.1 Å². The molecule has 0 spiro atoms. The fraction of sp³-hybridized carbons (Fsp3) is 0.100. The first kappa shape index (κ1) is 16.6. The van der Waals surface area contributed by atoms with Gasteiger partial charge in [-0.25, -0.2) is 4.39 Å². The van der Waals surface area contributed by atoms with Gasteiger partial charge in [-0.05, 0) is 35.4 Å². The molecule has 0 amide bonds. The Morgan fingerprint density at radius 2 is 1.16 bits per heavy atom. The van der Waals surface area contributed by atoms with E-state index in [2.05, 4.69) is 0 Å². The number of halogens is 1. The molecule has 5 heteroatoms. The topological polar surface area (TPSA) is 44.0 Å². The molecule has 0 N–H and O–H groups in total. The van der Waals surface area contributed by atoms with Crippen LogP contribution in [-0.4, -0.2) is 9.13 Å². The van der Waals surface area contributed by atoms with E-state index in [-0.39, 0.29) is 22.3 Å². The lowest BCUT2D eigenvalue weighted by molar-refractivity contribution is 0.627. The second-order valence-corrected chi connectivity index (χ2v) is 5.75. The normalized spacial score (nSPS) is 12.6. The van der Waals surface area contributed by atoms with Gasteiger partial charge < -0.3 is 9.13 Å². The number of rotatable bonds is 2. The molecule has 0 unspecified atom stereocenters. The first-order valence-electron chi connectivity index (χ1n) is 7.77. The maximum atomic E-state index is 13.0. The van der Waals surface area contributed by atoms with Gasteiger partial charge >= 0.3 is 0 Å². The molecular weight excluding hydrogens is 319 g/mol. The van der Waals surface area contributed by atoms with Crippen molar-refractivity contribution in [3.8, 4) is 0 Å². The number of nitrogens with zero attached hydrogens (tertiary/aromatic N) is 2. The minimum Gasteiger partial charge on any atom is -0.305 e. The third kappa shape index (κ3) is 3.35. The summed E-state index contributed by atoms with van der Waals surface area (Å²) in [6.45, 7) is 0. The van der Waals surface area contributed by atoms with Crippen LogP contribution in [0, 0.1) is 5.82 Å². The van der Waals surface area contributed by atoms with Gasteiger partial charge in [0.05, 0.1) is 0 Å². The van der Waals surface area contributed by atoms with Crippen molar-refractivity contribution >= 4 is 12.2 Å². The van der Waals surface area contributed by atoms with E-state index in [9.17, 15) is 14.0 Å². The number of hydrogen-bond donors (Lipinski definition) is 0. The molecular formula is C20H17FN2O2. The molecule has 0 saturated heterocycles. The molecule has 0 aliphatic heterocycles. The van der Waals surface area contributed by atoms with Gasteiger partial charge in [0, 0.05) is 14.1 Å². The van der Waals surface area contributed by atoms with Crippen molar-refractivity contribution in [1.82, 2.24) is 9.13 Å². The van der Waals surface area contributed by atoms with Gasteiger partial charge in [0.25, 0.3) is 11.1 Å². The SMILES string of the molecule is Cn1c(=O)/c(=C/c2ccc(F)cc2)n(C)c(=O)/c1=C/c1ccccc1. The van der Waals surface area contributed by atoms with Crippen LogP contribution in [0.2, 0.25) is 0 Å². The molecule has 0 aliphatic rings. The number of aromatic nitrogens is 2. The second kappa shape index (κ2) is 6.73. The van der Waals surface area contributed by atoms with E-state index in [0.29, 0.717) is 10.9 Å². The predicted molar refractivity (Wildman–Crippen MR) is 96.2 cm³/mol. The summed E-state index contributed by atoms with van der Waals surface area (Å²) in [6, 6.07) is 15.1. The average molecular weight is 336 g/mol. The van der Waals surface area contributed by atoms with Crippen molar-refractivity contribution in [2.75, 3.05) is 0 Å². The zero-order valence-electron chi connectivity index (χ0n) is 13.9.